The normalized spacial score (nSPS) is 13.2. The SMILES string of the molecule is Brc1ccccc1-n1c2ccccc2c2cc(-n3c4ccccc4c4ccccc43)ccc21.CC1(C)OB(c2cccc(C(c3ccccc3)(c3ccccc3)c3ccccc3)c2)OC1(C)C.c1ccc(C(c2ccccc2)(c2ccccc2)c2cccc(-c3ccccc3-n3c4ccccc4c4cc(-n5c6ccccc6c6ccccc65)ccc43)c2)cc1. The molecular weight excluding hydrogens is 1570 g/mol. The van der Waals surface area contributed by atoms with E-state index >= 15 is 0 Å². The molecule has 0 atom stereocenters. The van der Waals surface area contributed by atoms with Crippen molar-refractivity contribution in [2.24, 2.45) is 0 Å². The lowest BCUT2D eigenvalue weighted by molar-refractivity contribution is 0.00578. The van der Waals surface area contributed by atoms with Crippen LogP contribution in [-0.4, -0.2) is 36.6 Å². The van der Waals surface area contributed by atoms with Crippen LogP contribution in [-0.2, 0) is 20.1 Å². The Bertz CT molecular complexity index is 7390. The number of nitrogens with zero attached hydrogens (tertiary/aromatic N) is 4. The van der Waals surface area contributed by atoms with Crippen molar-refractivity contribution in [3.8, 4) is 33.9 Å². The molecule has 0 amide bonds. The molecule has 0 aliphatic carbocycles. The molecule has 1 aliphatic rings. The number of para-hydroxylation sites is 8. The molecule has 6 nitrogen and oxygen atoms in total. The minimum atomic E-state index is -0.537. The molecule has 4 aromatic heterocycles. The zero-order chi connectivity index (χ0) is 83.5. The van der Waals surface area contributed by atoms with Crippen molar-refractivity contribution >= 4 is 116 Å². The predicted octanol–water partition coefficient (Wildman–Crippen LogP) is 28.9. The topological polar surface area (TPSA) is 38.2 Å². The van der Waals surface area contributed by atoms with Crippen LogP contribution < -0.4 is 5.46 Å². The Balaban J connectivity index is 0.000000121. The Morgan fingerprint density at radius 1 is 0.226 bits per heavy atom. The number of hydrogen-bond donors (Lipinski definition) is 0. The van der Waals surface area contributed by atoms with Gasteiger partial charge < -0.3 is 27.6 Å². The van der Waals surface area contributed by atoms with Gasteiger partial charge in [0.25, 0.3) is 0 Å². The predicted molar refractivity (Wildman–Crippen MR) is 522 cm³/mol. The first kappa shape index (κ1) is 77.0. The van der Waals surface area contributed by atoms with Gasteiger partial charge in [-0.15, -0.1) is 0 Å². The Kier molecular flexibility index (Phi) is 19.8. The summed E-state index contributed by atoms with van der Waals surface area (Å²) in [5.74, 6) is 0. The van der Waals surface area contributed by atoms with Crippen LogP contribution in [0.25, 0.3) is 121 Å². The highest BCUT2D eigenvalue weighted by atomic mass is 79.9. The fourth-order valence-electron chi connectivity index (χ4n) is 19.6. The van der Waals surface area contributed by atoms with Gasteiger partial charge in [0.15, 0.2) is 0 Å². The van der Waals surface area contributed by atoms with Gasteiger partial charge in [-0.2, -0.15) is 0 Å². The van der Waals surface area contributed by atoms with Crippen molar-refractivity contribution < 1.29 is 9.31 Å². The summed E-state index contributed by atoms with van der Waals surface area (Å²) in [5, 5.41) is 10.1. The van der Waals surface area contributed by atoms with Crippen LogP contribution >= 0.6 is 15.9 Å². The third kappa shape index (κ3) is 13.0. The molecule has 594 valence electrons. The Labute approximate surface area is 731 Å². The molecule has 1 saturated heterocycles. The highest BCUT2D eigenvalue weighted by molar-refractivity contribution is 9.10. The first-order valence-electron chi connectivity index (χ1n) is 42.7. The van der Waals surface area contributed by atoms with Gasteiger partial charge in [0.05, 0.1) is 77.5 Å². The molecular formula is C116H88BBrN4O2. The largest absolute Gasteiger partial charge is 0.494 e. The van der Waals surface area contributed by atoms with E-state index in [9.17, 15) is 0 Å². The van der Waals surface area contributed by atoms with Crippen LogP contribution in [0, 0.1) is 0 Å². The molecule has 0 bridgehead atoms. The number of fused-ring (bicyclic) bond motifs is 12. The summed E-state index contributed by atoms with van der Waals surface area (Å²) in [4.78, 5) is 0. The first-order chi connectivity index (χ1) is 61.0. The van der Waals surface area contributed by atoms with E-state index in [1.54, 1.807) is 0 Å². The lowest BCUT2D eigenvalue weighted by Crippen LogP contribution is -2.41. The molecule has 0 radical (unpaired) electrons. The van der Waals surface area contributed by atoms with Gasteiger partial charge in [-0.1, -0.05) is 364 Å². The second-order valence-corrected chi connectivity index (χ2v) is 34.2. The number of halogens is 1. The monoisotopic (exact) mass is 1660 g/mol. The minimum Gasteiger partial charge on any atom is -0.399 e. The van der Waals surface area contributed by atoms with Crippen molar-refractivity contribution in [3.63, 3.8) is 0 Å². The van der Waals surface area contributed by atoms with Crippen LogP contribution in [0.1, 0.15) is 72.2 Å². The van der Waals surface area contributed by atoms with Gasteiger partial charge in [-0.05, 0) is 196 Å². The molecule has 1 aliphatic heterocycles. The maximum absolute atomic E-state index is 6.41. The smallest absolute Gasteiger partial charge is 0.399 e. The number of benzene rings is 18. The third-order valence-electron chi connectivity index (χ3n) is 25.9. The summed E-state index contributed by atoms with van der Waals surface area (Å²) in [6, 6.07) is 166. The van der Waals surface area contributed by atoms with Crippen LogP contribution in [0.4, 0.5) is 0 Å². The van der Waals surface area contributed by atoms with Gasteiger partial charge in [0.2, 0.25) is 0 Å². The molecule has 22 aromatic rings. The molecule has 0 N–H and O–H groups in total. The van der Waals surface area contributed by atoms with Crippen LogP contribution in [0.2, 0.25) is 0 Å². The second kappa shape index (κ2) is 31.9. The van der Waals surface area contributed by atoms with Crippen molar-refractivity contribution in [1.82, 2.24) is 18.3 Å². The highest BCUT2D eigenvalue weighted by Crippen LogP contribution is 2.50. The lowest BCUT2D eigenvalue weighted by Gasteiger charge is -2.37. The summed E-state index contributed by atoms with van der Waals surface area (Å²) >= 11 is 3.76. The van der Waals surface area contributed by atoms with Gasteiger partial charge >= 0.3 is 7.12 Å². The molecule has 0 saturated carbocycles. The standard InChI is InChI=1S/C55H38N2.C31H31BO2.C30H19BrN2/c1-4-20-40(21-5-1)55(41-22-6-2-7-23-41,42-24-8-3-9-25-42)43-26-18-19-39(37-43)45-27-10-14-31-50(45)57-53-34-17-13-30-48(53)49-38-44(35-36-54(49)57)56-51-32-15-11-28-46(51)47-29-12-16-33-52(47)56;1-29(2)30(3,4)34-32(33-29)28-22-14-21-27(23-28)31(24-15-8-5-9-16-24,25-17-10-6-11-18-25)26-19-12-7-13-20-26;31-25-12-4-8-16-30(25)33-28-15-7-3-11-23(28)24-19-20(17-18-29(24)33)32-26-13-5-1-9-21(26)22-10-2-6-14-27(22)32/h1-38H;5-23H,1-4H3;1-19H. The first-order valence-corrected chi connectivity index (χ1v) is 43.5. The fraction of sp³-hybridized carbons (Fsp3) is 0.0690. The van der Waals surface area contributed by atoms with E-state index in [2.05, 4.69) is 523 Å². The molecule has 18 aromatic carbocycles. The molecule has 8 heteroatoms. The Morgan fingerprint density at radius 3 is 0.871 bits per heavy atom. The zero-order valence-electron chi connectivity index (χ0n) is 69.4. The van der Waals surface area contributed by atoms with Crippen LogP contribution in [0.15, 0.2) is 466 Å². The number of rotatable bonds is 14. The lowest BCUT2D eigenvalue weighted by atomic mass is 9.64. The van der Waals surface area contributed by atoms with Gasteiger partial charge in [-0.3, -0.25) is 0 Å². The number of aromatic nitrogens is 4. The average Bonchev–Trinajstić information content (AvgIpc) is 0.791. The van der Waals surface area contributed by atoms with E-state index < -0.39 is 17.9 Å². The average molecular weight is 1660 g/mol. The molecule has 0 unspecified atom stereocenters. The zero-order valence-corrected chi connectivity index (χ0v) is 71.0. The van der Waals surface area contributed by atoms with E-state index in [0.717, 1.165) is 27.0 Å². The Hall–Kier alpha value is -14.4. The van der Waals surface area contributed by atoms with Crippen molar-refractivity contribution in [3.05, 3.63) is 510 Å². The summed E-state index contributed by atoms with van der Waals surface area (Å²) in [6.45, 7) is 8.39. The second-order valence-electron chi connectivity index (χ2n) is 33.3. The van der Waals surface area contributed by atoms with E-state index in [1.165, 1.54) is 149 Å². The van der Waals surface area contributed by atoms with Crippen molar-refractivity contribution in [1.29, 1.82) is 0 Å². The summed E-state index contributed by atoms with van der Waals surface area (Å²) < 4.78 is 23.5. The van der Waals surface area contributed by atoms with Crippen LogP contribution in [0.3, 0.4) is 0 Å². The number of hydrogen-bond acceptors (Lipinski definition) is 2. The molecule has 1 fully saturated rings. The summed E-state index contributed by atoms with van der Waals surface area (Å²) in [6.07, 6.45) is 0. The van der Waals surface area contributed by atoms with Crippen molar-refractivity contribution in [2.75, 3.05) is 0 Å². The maximum atomic E-state index is 6.41. The molecule has 5 heterocycles. The summed E-state index contributed by atoms with van der Waals surface area (Å²) in [7, 11) is -0.412. The van der Waals surface area contributed by atoms with E-state index in [0.29, 0.717) is 0 Å². The minimum absolute atomic E-state index is 0.386. The maximum Gasteiger partial charge on any atom is 0.494 e. The highest BCUT2D eigenvalue weighted by Gasteiger charge is 2.52. The van der Waals surface area contributed by atoms with Gasteiger partial charge in [0.1, 0.15) is 0 Å². The van der Waals surface area contributed by atoms with E-state index in [-0.39, 0.29) is 11.2 Å². The summed E-state index contributed by atoms with van der Waals surface area (Å²) in [5.41, 5.74) is 25.6. The molecule has 23 rings (SSSR count). The van der Waals surface area contributed by atoms with E-state index in [1.807, 2.05) is 0 Å². The third-order valence-corrected chi connectivity index (χ3v) is 26.6. The van der Waals surface area contributed by atoms with Gasteiger partial charge in [0, 0.05) is 64.5 Å². The van der Waals surface area contributed by atoms with Crippen molar-refractivity contribution in [2.45, 2.75) is 49.7 Å². The van der Waals surface area contributed by atoms with Gasteiger partial charge in [-0.25, -0.2) is 0 Å². The molecule has 124 heavy (non-hydrogen) atoms. The van der Waals surface area contributed by atoms with Crippen LogP contribution in [0.5, 0.6) is 0 Å². The van der Waals surface area contributed by atoms with E-state index in [4.69, 9.17) is 9.31 Å². The fourth-order valence-corrected chi connectivity index (χ4v) is 20.1. The molecule has 0 spiro atoms. The Morgan fingerprint density at radius 2 is 0.500 bits per heavy atom. The quantitative estimate of drug-likeness (QED) is 0.0804.